The Morgan fingerprint density at radius 2 is 2.31 bits per heavy atom. The minimum Gasteiger partial charge on any atom is -0.480 e. The van der Waals surface area contributed by atoms with Crippen LogP contribution in [-0.4, -0.2) is 35.3 Å². The number of nitrogens with zero attached hydrogens (tertiary/aromatic N) is 2. The van der Waals surface area contributed by atoms with E-state index in [0.29, 0.717) is 0 Å². The van der Waals surface area contributed by atoms with E-state index in [9.17, 15) is 13.2 Å². The molecule has 0 aliphatic carbocycles. The summed E-state index contributed by atoms with van der Waals surface area (Å²) in [5, 5.41) is 12.5. The Morgan fingerprint density at radius 1 is 1.69 bits per heavy atom. The first kappa shape index (κ1) is 12.7. The molecule has 1 atom stereocenters. The summed E-state index contributed by atoms with van der Waals surface area (Å²) < 4.78 is 26.8. The number of rotatable bonds is 5. The Morgan fingerprint density at radius 3 is 2.69 bits per heavy atom. The fraction of sp³-hybridized carbons (Fsp3) is 0.500. The molecule has 1 heterocycles. The Kier molecular flexibility index (Phi) is 3.66. The van der Waals surface area contributed by atoms with Crippen LogP contribution in [0.3, 0.4) is 0 Å². The SMILES string of the molecule is CCC(NS(=O)(=O)c1cnn(C)c1)C(=O)O. The van der Waals surface area contributed by atoms with Gasteiger partial charge in [-0.25, -0.2) is 8.42 Å². The quantitative estimate of drug-likeness (QED) is 0.734. The number of hydrogen-bond acceptors (Lipinski definition) is 4. The lowest BCUT2D eigenvalue weighted by Crippen LogP contribution is -2.40. The van der Waals surface area contributed by atoms with Gasteiger partial charge in [0.25, 0.3) is 0 Å². The number of hydrogen-bond donors (Lipinski definition) is 2. The Bertz CT molecular complexity index is 479. The third-order valence-corrected chi connectivity index (χ3v) is 3.42. The van der Waals surface area contributed by atoms with Gasteiger partial charge in [-0.3, -0.25) is 9.48 Å². The Balaban J connectivity index is 2.91. The van der Waals surface area contributed by atoms with Crippen LogP contribution in [0.5, 0.6) is 0 Å². The average Bonchev–Trinajstić information content (AvgIpc) is 2.61. The van der Waals surface area contributed by atoms with E-state index in [0.717, 1.165) is 6.20 Å². The zero-order valence-electron chi connectivity index (χ0n) is 8.91. The van der Waals surface area contributed by atoms with Gasteiger partial charge in [0.1, 0.15) is 10.9 Å². The molecule has 7 nitrogen and oxygen atoms in total. The van der Waals surface area contributed by atoms with Crippen LogP contribution in [0.2, 0.25) is 0 Å². The van der Waals surface area contributed by atoms with Crippen molar-refractivity contribution in [2.24, 2.45) is 7.05 Å². The minimum atomic E-state index is -3.81. The van der Waals surface area contributed by atoms with Crippen LogP contribution in [0.1, 0.15) is 13.3 Å². The number of aryl methyl sites for hydroxylation is 1. The predicted molar refractivity (Wildman–Crippen MR) is 55.2 cm³/mol. The maximum atomic E-state index is 11.7. The van der Waals surface area contributed by atoms with Gasteiger partial charge in [0.05, 0.1) is 6.20 Å². The second kappa shape index (κ2) is 4.62. The third-order valence-electron chi connectivity index (χ3n) is 2.00. The number of sulfonamides is 1. The molecule has 0 amide bonds. The van der Waals surface area contributed by atoms with E-state index in [1.807, 2.05) is 0 Å². The second-order valence-corrected chi connectivity index (χ2v) is 4.98. The van der Waals surface area contributed by atoms with Gasteiger partial charge in [-0.2, -0.15) is 9.82 Å². The normalized spacial score (nSPS) is 13.6. The molecule has 0 aliphatic heterocycles. The second-order valence-electron chi connectivity index (χ2n) is 3.27. The van der Waals surface area contributed by atoms with Gasteiger partial charge in [0, 0.05) is 13.2 Å². The summed E-state index contributed by atoms with van der Waals surface area (Å²) in [7, 11) is -2.23. The monoisotopic (exact) mass is 247 g/mol. The maximum absolute atomic E-state index is 11.7. The van der Waals surface area contributed by atoms with E-state index in [1.165, 1.54) is 10.9 Å². The minimum absolute atomic E-state index is 0.0466. The van der Waals surface area contributed by atoms with Crippen LogP contribution in [0.25, 0.3) is 0 Å². The summed E-state index contributed by atoms with van der Waals surface area (Å²) in [6, 6.07) is -1.12. The molecule has 0 bridgehead atoms. The first-order valence-corrected chi connectivity index (χ1v) is 6.09. The van der Waals surface area contributed by atoms with Gasteiger partial charge in [-0.05, 0) is 6.42 Å². The fourth-order valence-electron chi connectivity index (χ4n) is 1.10. The van der Waals surface area contributed by atoms with Crippen LogP contribution < -0.4 is 4.72 Å². The van der Waals surface area contributed by atoms with E-state index < -0.39 is 22.0 Å². The molecule has 0 aliphatic rings. The van der Waals surface area contributed by atoms with Crippen LogP contribution in [-0.2, 0) is 21.9 Å². The topological polar surface area (TPSA) is 101 Å². The van der Waals surface area contributed by atoms with Crippen LogP contribution >= 0.6 is 0 Å². The van der Waals surface area contributed by atoms with Crippen molar-refractivity contribution in [2.45, 2.75) is 24.3 Å². The molecule has 1 aromatic rings. The number of aromatic nitrogens is 2. The molecule has 1 unspecified atom stereocenters. The highest BCUT2D eigenvalue weighted by Crippen LogP contribution is 2.07. The van der Waals surface area contributed by atoms with Crippen molar-refractivity contribution in [1.82, 2.24) is 14.5 Å². The van der Waals surface area contributed by atoms with Crippen molar-refractivity contribution in [3.8, 4) is 0 Å². The molecule has 0 spiro atoms. The highest BCUT2D eigenvalue weighted by molar-refractivity contribution is 7.89. The molecule has 8 heteroatoms. The van der Waals surface area contributed by atoms with Gasteiger partial charge in [-0.1, -0.05) is 6.92 Å². The van der Waals surface area contributed by atoms with E-state index in [-0.39, 0.29) is 11.3 Å². The maximum Gasteiger partial charge on any atom is 0.321 e. The summed E-state index contributed by atoms with van der Waals surface area (Å²) in [6.07, 6.45) is 2.64. The summed E-state index contributed by atoms with van der Waals surface area (Å²) >= 11 is 0. The van der Waals surface area contributed by atoms with Gasteiger partial charge >= 0.3 is 5.97 Å². The molecule has 0 fully saturated rings. The number of carbonyl (C=O) groups is 1. The largest absolute Gasteiger partial charge is 0.480 e. The molecule has 0 radical (unpaired) electrons. The molecule has 0 aromatic carbocycles. The molecular formula is C8H13N3O4S. The van der Waals surface area contributed by atoms with Crippen LogP contribution in [0, 0.1) is 0 Å². The molecule has 16 heavy (non-hydrogen) atoms. The van der Waals surface area contributed by atoms with Crippen molar-refractivity contribution < 1.29 is 18.3 Å². The summed E-state index contributed by atoms with van der Waals surface area (Å²) in [5.74, 6) is -1.20. The van der Waals surface area contributed by atoms with Crippen molar-refractivity contribution in [2.75, 3.05) is 0 Å². The fourth-order valence-corrected chi connectivity index (χ4v) is 2.36. The molecular weight excluding hydrogens is 234 g/mol. The highest BCUT2D eigenvalue weighted by Gasteiger charge is 2.24. The smallest absolute Gasteiger partial charge is 0.321 e. The van der Waals surface area contributed by atoms with E-state index in [2.05, 4.69) is 9.82 Å². The standard InChI is InChI=1S/C8H13N3O4S/c1-3-7(8(12)13)10-16(14,15)6-4-9-11(2)5-6/h4-5,7,10H,3H2,1-2H3,(H,12,13). The Hall–Kier alpha value is -1.41. The van der Waals surface area contributed by atoms with Gasteiger partial charge in [-0.15, -0.1) is 0 Å². The lowest BCUT2D eigenvalue weighted by Gasteiger charge is -2.11. The molecule has 2 N–H and O–H groups in total. The molecule has 90 valence electrons. The average molecular weight is 247 g/mol. The van der Waals surface area contributed by atoms with Crippen LogP contribution in [0.15, 0.2) is 17.3 Å². The van der Waals surface area contributed by atoms with Crippen molar-refractivity contribution in [1.29, 1.82) is 0 Å². The van der Waals surface area contributed by atoms with E-state index >= 15 is 0 Å². The van der Waals surface area contributed by atoms with Gasteiger partial charge < -0.3 is 5.11 Å². The van der Waals surface area contributed by atoms with Crippen LogP contribution in [0.4, 0.5) is 0 Å². The lowest BCUT2D eigenvalue weighted by molar-refractivity contribution is -0.139. The molecule has 0 saturated heterocycles. The predicted octanol–water partition coefficient (Wildman–Crippen LogP) is -0.438. The van der Waals surface area contributed by atoms with E-state index in [4.69, 9.17) is 5.11 Å². The van der Waals surface area contributed by atoms with E-state index in [1.54, 1.807) is 14.0 Å². The summed E-state index contributed by atoms with van der Waals surface area (Å²) in [4.78, 5) is 10.7. The lowest BCUT2D eigenvalue weighted by atomic mass is 10.2. The highest BCUT2D eigenvalue weighted by atomic mass is 32.2. The zero-order chi connectivity index (χ0) is 12.3. The molecule has 0 saturated carbocycles. The Labute approximate surface area is 93.1 Å². The zero-order valence-corrected chi connectivity index (χ0v) is 9.73. The number of carboxylic acids is 1. The molecule has 1 rings (SSSR count). The first-order valence-electron chi connectivity index (χ1n) is 4.60. The molecule has 1 aromatic heterocycles. The van der Waals surface area contributed by atoms with Gasteiger partial charge in [0.2, 0.25) is 10.0 Å². The number of aliphatic carboxylic acids is 1. The number of carboxylic acid groups (broad SMARTS) is 1. The summed E-state index contributed by atoms with van der Waals surface area (Å²) in [5.41, 5.74) is 0. The summed E-state index contributed by atoms with van der Waals surface area (Å²) in [6.45, 7) is 1.59. The van der Waals surface area contributed by atoms with Crippen molar-refractivity contribution >= 4 is 16.0 Å². The van der Waals surface area contributed by atoms with Gasteiger partial charge in [0.15, 0.2) is 0 Å². The van der Waals surface area contributed by atoms with Crippen molar-refractivity contribution in [3.05, 3.63) is 12.4 Å². The first-order chi connectivity index (χ1) is 7.36. The van der Waals surface area contributed by atoms with Crippen molar-refractivity contribution in [3.63, 3.8) is 0 Å². The third kappa shape index (κ3) is 2.80. The number of nitrogens with one attached hydrogen (secondary N) is 1.